The van der Waals surface area contributed by atoms with E-state index in [0.717, 1.165) is 0 Å². The summed E-state index contributed by atoms with van der Waals surface area (Å²) < 4.78 is 1.82. The molecule has 1 aromatic heterocycles. The maximum absolute atomic E-state index is 11.0. The fourth-order valence-electron chi connectivity index (χ4n) is 0.844. The first-order valence-corrected chi connectivity index (χ1v) is 3.33. The van der Waals surface area contributed by atoms with Crippen molar-refractivity contribution in [1.82, 2.24) is 0 Å². The normalized spacial score (nSPS) is 11.6. The summed E-state index contributed by atoms with van der Waals surface area (Å²) in [6.07, 6.45) is 3.61. The maximum Gasteiger partial charge on any atom is 0.176 e. The number of pyridine rings is 1. The minimum absolute atomic E-state index is 0.179. The number of hydrogen-bond acceptors (Lipinski definition) is 2. The first kappa shape index (κ1) is 7.72. The molecule has 0 atom stereocenters. The third kappa shape index (κ3) is 1.77. The highest BCUT2D eigenvalue weighted by Gasteiger charge is 1.95. The van der Waals surface area contributed by atoms with E-state index in [-0.39, 0.29) is 5.90 Å². The van der Waals surface area contributed by atoms with Crippen LogP contribution in [0.3, 0.4) is 0 Å². The summed E-state index contributed by atoms with van der Waals surface area (Å²) in [5, 5.41) is 11.0. The van der Waals surface area contributed by atoms with Gasteiger partial charge in [0.15, 0.2) is 12.4 Å². The van der Waals surface area contributed by atoms with Crippen LogP contribution in [0, 0.1) is 0 Å². The molecule has 3 heteroatoms. The Hall–Kier alpha value is -1.38. The van der Waals surface area contributed by atoms with Crippen LogP contribution < -0.4 is 9.67 Å². The Morgan fingerprint density at radius 3 is 2.91 bits per heavy atom. The van der Waals surface area contributed by atoms with E-state index in [1.54, 1.807) is 12.3 Å². The molecular formula is C8H10N2O. The lowest BCUT2D eigenvalue weighted by atomic mass is 10.3. The lowest BCUT2D eigenvalue weighted by Gasteiger charge is -2.06. The van der Waals surface area contributed by atoms with Gasteiger partial charge in [0.2, 0.25) is 0 Å². The van der Waals surface area contributed by atoms with Crippen LogP contribution in [0.1, 0.15) is 5.56 Å². The lowest BCUT2D eigenvalue weighted by Crippen LogP contribution is -2.30. The predicted octanol–water partition coefficient (Wildman–Crippen LogP) is -0.752. The molecule has 58 valence electrons. The van der Waals surface area contributed by atoms with Crippen molar-refractivity contribution in [3.8, 4) is 0 Å². The highest BCUT2D eigenvalue weighted by atomic mass is 16.3. The summed E-state index contributed by atoms with van der Waals surface area (Å²) in [6.45, 7) is 0. The second kappa shape index (κ2) is 3.14. The van der Waals surface area contributed by atoms with E-state index in [0.29, 0.717) is 5.56 Å². The smallest absolute Gasteiger partial charge is 0.176 e. The molecule has 3 nitrogen and oxygen atoms in total. The number of aliphatic imine (C=N–C) groups is 1. The van der Waals surface area contributed by atoms with Crippen molar-refractivity contribution in [1.29, 1.82) is 0 Å². The zero-order chi connectivity index (χ0) is 8.27. The van der Waals surface area contributed by atoms with E-state index < -0.39 is 0 Å². The molecule has 0 N–H and O–H groups in total. The summed E-state index contributed by atoms with van der Waals surface area (Å²) in [6, 6.07) is 3.56. The van der Waals surface area contributed by atoms with Gasteiger partial charge in [0, 0.05) is 18.7 Å². The van der Waals surface area contributed by atoms with Crippen molar-refractivity contribution in [3.63, 3.8) is 0 Å². The van der Waals surface area contributed by atoms with Gasteiger partial charge in [0.1, 0.15) is 7.05 Å². The van der Waals surface area contributed by atoms with Crippen LogP contribution in [0.4, 0.5) is 0 Å². The van der Waals surface area contributed by atoms with Crippen molar-refractivity contribution >= 4 is 5.90 Å². The Kier molecular flexibility index (Phi) is 2.21. The number of aryl methyl sites for hydroxylation is 1. The van der Waals surface area contributed by atoms with Crippen LogP contribution in [0.25, 0.3) is 0 Å². The zero-order valence-electron chi connectivity index (χ0n) is 6.61. The van der Waals surface area contributed by atoms with Gasteiger partial charge in [-0.3, -0.25) is 0 Å². The fraction of sp³-hybridized carbons (Fsp3) is 0.250. The van der Waals surface area contributed by atoms with E-state index in [4.69, 9.17) is 0 Å². The number of nitrogens with zero attached hydrogens (tertiary/aromatic N) is 2. The quantitative estimate of drug-likeness (QED) is 0.295. The number of rotatable bonds is 1. The van der Waals surface area contributed by atoms with Gasteiger partial charge in [-0.2, -0.15) is 0 Å². The molecule has 0 bridgehead atoms. The zero-order valence-corrected chi connectivity index (χ0v) is 6.61. The van der Waals surface area contributed by atoms with Crippen molar-refractivity contribution in [2.75, 3.05) is 7.05 Å². The Labute approximate surface area is 65.6 Å². The monoisotopic (exact) mass is 150 g/mol. The van der Waals surface area contributed by atoms with Crippen LogP contribution in [0.5, 0.6) is 0 Å². The molecule has 1 rings (SSSR count). The second-order valence-corrected chi connectivity index (χ2v) is 2.29. The van der Waals surface area contributed by atoms with Crippen LogP contribution in [0.2, 0.25) is 0 Å². The summed E-state index contributed by atoms with van der Waals surface area (Å²) >= 11 is 0. The minimum Gasteiger partial charge on any atom is -0.858 e. The molecule has 0 aliphatic carbocycles. The van der Waals surface area contributed by atoms with Gasteiger partial charge in [-0.25, -0.2) is 4.57 Å². The van der Waals surface area contributed by atoms with Crippen molar-refractivity contribution < 1.29 is 9.67 Å². The topological polar surface area (TPSA) is 39.3 Å². The van der Waals surface area contributed by atoms with E-state index in [1.165, 1.54) is 7.05 Å². The highest BCUT2D eigenvalue weighted by Crippen LogP contribution is 1.91. The van der Waals surface area contributed by atoms with Crippen LogP contribution in [-0.2, 0) is 7.05 Å². The SMILES string of the molecule is CN=C([O-])c1ccc[n+](C)c1. The molecular weight excluding hydrogens is 140 g/mol. The van der Waals surface area contributed by atoms with Crippen molar-refractivity contribution in [2.45, 2.75) is 0 Å². The van der Waals surface area contributed by atoms with Gasteiger partial charge in [0.05, 0.1) is 0 Å². The molecule has 0 aromatic carbocycles. The van der Waals surface area contributed by atoms with Gasteiger partial charge in [-0.05, 0) is 12.0 Å². The number of aromatic nitrogens is 1. The van der Waals surface area contributed by atoms with E-state index >= 15 is 0 Å². The molecule has 0 unspecified atom stereocenters. The molecule has 0 saturated carbocycles. The Morgan fingerprint density at radius 1 is 1.64 bits per heavy atom. The Balaban J connectivity index is 3.06. The third-order valence-electron chi connectivity index (χ3n) is 1.39. The van der Waals surface area contributed by atoms with Gasteiger partial charge < -0.3 is 10.1 Å². The molecule has 11 heavy (non-hydrogen) atoms. The first-order chi connectivity index (χ1) is 5.24. The standard InChI is InChI=1S/C8H10N2O/c1-9-8(11)7-4-3-5-10(2)6-7/h3-6H,1-2H3. The average molecular weight is 150 g/mol. The van der Waals surface area contributed by atoms with Gasteiger partial charge in [0.25, 0.3) is 0 Å². The summed E-state index contributed by atoms with van der Waals surface area (Å²) in [5.41, 5.74) is 0.623. The minimum atomic E-state index is -0.179. The molecule has 0 fully saturated rings. The molecule has 0 saturated heterocycles. The van der Waals surface area contributed by atoms with Gasteiger partial charge in [-0.15, -0.1) is 0 Å². The lowest BCUT2D eigenvalue weighted by molar-refractivity contribution is -0.671. The molecule has 1 heterocycles. The molecule has 0 aliphatic heterocycles. The van der Waals surface area contributed by atoms with Crippen molar-refractivity contribution in [3.05, 3.63) is 30.1 Å². The van der Waals surface area contributed by atoms with E-state index in [2.05, 4.69) is 4.99 Å². The van der Waals surface area contributed by atoms with Crippen molar-refractivity contribution in [2.24, 2.45) is 12.0 Å². The molecule has 0 aliphatic rings. The Bertz CT molecular complexity index is 281. The molecule has 0 radical (unpaired) electrons. The van der Waals surface area contributed by atoms with Crippen LogP contribution in [-0.4, -0.2) is 12.9 Å². The first-order valence-electron chi connectivity index (χ1n) is 3.33. The fourth-order valence-corrected chi connectivity index (χ4v) is 0.844. The van der Waals surface area contributed by atoms with E-state index in [1.807, 2.05) is 23.9 Å². The number of hydrogen-bond donors (Lipinski definition) is 0. The molecule has 1 aromatic rings. The van der Waals surface area contributed by atoms with Gasteiger partial charge in [-0.1, -0.05) is 0 Å². The second-order valence-electron chi connectivity index (χ2n) is 2.29. The molecule has 0 amide bonds. The van der Waals surface area contributed by atoms with Gasteiger partial charge >= 0.3 is 0 Å². The Morgan fingerprint density at radius 2 is 2.36 bits per heavy atom. The largest absolute Gasteiger partial charge is 0.858 e. The summed E-state index contributed by atoms with van der Waals surface area (Å²) in [5.74, 6) is -0.179. The van der Waals surface area contributed by atoms with E-state index in [9.17, 15) is 5.11 Å². The average Bonchev–Trinajstić information content (AvgIpc) is 2.03. The highest BCUT2D eigenvalue weighted by molar-refractivity contribution is 5.89. The van der Waals surface area contributed by atoms with Crippen LogP contribution >= 0.6 is 0 Å². The maximum atomic E-state index is 11.0. The molecule has 0 spiro atoms. The van der Waals surface area contributed by atoms with Crippen LogP contribution in [0.15, 0.2) is 29.5 Å². The third-order valence-corrected chi connectivity index (χ3v) is 1.39. The summed E-state index contributed by atoms with van der Waals surface area (Å²) in [4.78, 5) is 3.55. The summed E-state index contributed by atoms with van der Waals surface area (Å²) in [7, 11) is 3.36. The predicted molar refractivity (Wildman–Crippen MR) is 40.1 cm³/mol.